The minimum absolute atomic E-state index is 0.00386. The van der Waals surface area contributed by atoms with Crippen molar-refractivity contribution in [2.24, 2.45) is 0 Å². The molecule has 3 rings (SSSR count). The van der Waals surface area contributed by atoms with Gasteiger partial charge in [0.15, 0.2) is 11.6 Å². The molecule has 2 aromatic rings. The Morgan fingerprint density at radius 1 is 1.18 bits per heavy atom. The zero-order valence-corrected chi connectivity index (χ0v) is 12.6. The second kappa shape index (κ2) is 5.79. The Kier molecular flexibility index (Phi) is 3.84. The predicted molar refractivity (Wildman–Crippen MR) is 83.5 cm³/mol. The summed E-state index contributed by atoms with van der Waals surface area (Å²) in [7, 11) is 0. The lowest BCUT2D eigenvalue weighted by Gasteiger charge is -2.38. The molecule has 0 bridgehead atoms. The molecule has 0 radical (unpaired) electrons. The third-order valence-electron chi connectivity index (χ3n) is 3.98. The number of amides is 1. The molecular formula is C18H18FNO2. The van der Waals surface area contributed by atoms with Crippen molar-refractivity contribution in [1.82, 2.24) is 0 Å². The summed E-state index contributed by atoms with van der Waals surface area (Å²) in [6.45, 7) is 3.54. The minimum atomic E-state index is -0.373. The molecule has 0 saturated heterocycles. The highest BCUT2D eigenvalue weighted by molar-refractivity contribution is 5.93. The molecule has 1 aliphatic rings. The third-order valence-corrected chi connectivity index (χ3v) is 3.98. The molecule has 0 N–H and O–H groups in total. The molecule has 1 heterocycles. The Morgan fingerprint density at radius 3 is 2.59 bits per heavy atom. The molecule has 0 aromatic heterocycles. The van der Waals surface area contributed by atoms with E-state index in [1.807, 2.05) is 31.2 Å². The van der Waals surface area contributed by atoms with Crippen molar-refractivity contribution < 1.29 is 13.9 Å². The summed E-state index contributed by atoms with van der Waals surface area (Å²) in [5.41, 5.74) is 1.76. The molecule has 0 unspecified atom stereocenters. The molecule has 4 heteroatoms. The summed E-state index contributed by atoms with van der Waals surface area (Å²) in [5, 5.41) is 0. The molecule has 1 amide bonds. The van der Waals surface area contributed by atoms with Crippen LogP contribution in [0.3, 0.4) is 0 Å². The average Bonchev–Trinajstić information content (AvgIpc) is 2.49. The van der Waals surface area contributed by atoms with Gasteiger partial charge < -0.3 is 9.64 Å². The van der Waals surface area contributed by atoms with Crippen molar-refractivity contribution >= 4 is 11.6 Å². The summed E-state index contributed by atoms with van der Waals surface area (Å²) in [4.78, 5) is 13.7. The van der Waals surface area contributed by atoms with Gasteiger partial charge in [-0.25, -0.2) is 4.39 Å². The first-order valence-electron chi connectivity index (χ1n) is 7.38. The predicted octanol–water partition coefficient (Wildman–Crippen LogP) is 4.09. The van der Waals surface area contributed by atoms with Gasteiger partial charge in [0.05, 0.1) is 5.69 Å². The largest absolute Gasteiger partial charge is 0.483 e. The van der Waals surface area contributed by atoms with Crippen LogP contribution in [-0.4, -0.2) is 11.9 Å². The third kappa shape index (κ3) is 2.56. The number of halogens is 1. The maximum atomic E-state index is 13.8. The number of anilines is 1. The lowest BCUT2D eigenvalue weighted by atomic mass is 9.93. The van der Waals surface area contributed by atoms with Gasteiger partial charge in [0.2, 0.25) is 5.91 Å². The number of rotatable bonds is 2. The second-order valence-electron chi connectivity index (χ2n) is 5.57. The summed E-state index contributed by atoms with van der Waals surface area (Å²) in [6.07, 6.45) is 0.365. The van der Waals surface area contributed by atoms with Crippen LogP contribution in [0, 0.1) is 5.82 Å². The molecule has 0 saturated carbocycles. The molecule has 0 spiro atoms. The fourth-order valence-corrected chi connectivity index (χ4v) is 3.04. The fourth-order valence-electron chi connectivity index (χ4n) is 3.04. The number of carbonyl (C=O) groups is 1. The Labute approximate surface area is 129 Å². The summed E-state index contributed by atoms with van der Waals surface area (Å²) in [6, 6.07) is 14.0. The number of fused-ring (bicyclic) bond motifs is 1. The highest BCUT2D eigenvalue weighted by atomic mass is 19.1. The molecule has 22 heavy (non-hydrogen) atoms. The van der Waals surface area contributed by atoms with E-state index in [2.05, 4.69) is 0 Å². The number of carbonyl (C=O) groups excluding carboxylic acids is 1. The number of para-hydroxylation sites is 2. The van der Waals surface area contributed by atoms with Crippen molar-refractivity contribution in [3.63, 3.8) is 0 Å². The van der Waals surface area contributed by atoms with Gasteiger partial charge in [-0.15, -0.1) is 0 Å². The van der Waals surface area contributed by atoms with Gasteiger partial charge in [-0.1, -0.05) is 30.3 Å². The molecular weight excluding hydrogens is 281 g/mol. The van der Waals surface area contributed by atoms with Crippen LogP contribution in [0.1, 0.15) is 31.9 Å². The van der Waals surface area contributed by atoms with E-state index in [0.717, 1.165) is 11.3 Å². The second-order valence-corrected chi connectivity index (χ2v) is 5.57. The number of hydrogen-bond donors (Lipinski definition) is 0. The van der Waals surface area contributed by atoms with Crippen molar-refractivity contribution in [3.05, 3.63) is 59.9 Å². The van der Waals surface area contributed by atoms with Crippen LogP contribution in [0.25, 0.3) is 0 Å². The van der Waals surface area contributed by atoms with E-state index in [4.69, 9.17) is 4.74 Å². The average molecular weight is 299 g/mol. The van der Waals surface area contributed by atoms with E-state index in [0.29, 0.717) is 6.42 Å². The molecule has 0 fully saturated rings. The fraction of sp³-hybridized carbons (Fsp3) is 0.278. The summed E-state index contributed by atoms with van der Waals surface area (Å²) < 4.78 is 19.7. The van der Waals surface area contributed by atoms with Gasteiger partial charge in [-0.2, -0.15) is 0 Å². The number of ether oxygens (including phenoxy) is 1. The first-order chi connectivity index (χ1) is 10.6. The van der Waals surface area contributed by atoms with Crippen LogP contribution in [-0.2, 0) is 4.79 Å². The van der Waals surface area contributed by atoms with Crippen LogP contribution in [0.4, 0.5) is 10.1 Å². The number of hydrogen-bond acceptors (Lipinski definition) is 2. The first-order valence-corrected chi connectivity index (χ1v) is 7.38. The van der Waals surface area contributed by atoms with Crippen LogP contribution >= 0.6 is 0 Å². The molecule has 1 aliphatic heterocycles. The smallest absolute Gasteiger partial charge is 0.224 e. The quantitative estimate of drug-likeness (QED) is 0.836. The Bertz CT molecular complexity index is 701. The first kappa shape index (κ1) is 14.6. The van der Waals surface area contributed by atoms with Crippen molar-refractivity contribution in [2.75, 3.05) is 4.90 Å². The SMILES string of the molecule is CC(=O)N1c2ccccc2[C@@H](Oc2ccccc2F)C[C@H]1C. The molecule has 0 aliphatic carbocycles. The normalized spacial score (nSPS) is 20.4. The lowest BCUT2D eigenvalue weighted by Crippen LogP contribution is -2.42. The van der Waals surface area contributed by atoms with Crippen LogP contribution in [0.15, 0.2) is 48.5 Å². The molecule has 114 valence electrons. The highest BCUT2D eigenvalue weighted by Crippen LogP contribution is 2.39. The van der Waals surface area contributed by atoms with E-state index in [1.165, 1.54) is 6.07 Å². The number of nitrogens with zero attached hydrogens (tertiary/aromatic N) is 1. The van der Waals surface area contributed by atoms with Crippen molar-refractivity contribution in [2.45, 2.75) is 32.4 Å². The van der Waals surface area contributed by atoms with E-state index >= 15 is 0 Å². The van der Waals surface area contributed by atoms with Gasteiger partial charge in [-0.3, -0.25) is 4.79 Å². The van der Waals surface area contributed by atoms with E-state index in [9.17, 15) is 9.18 Å². The summed E-state index contributed by atoms with van der Waals surface area (Å²) >= 11 is 0. The topological polar surface area (TPSA) is 29.5 Å². The maximum absolute atomic E-state index is 13.8. The highest BCUT2D eigenvalue weighted by Gasteiger charge is 2.33. The van der Waals surface area contributed by atoms with Crippen LogP contribution < -0.4 is 9.64 Å². The standard InChI is InChI=1S/C18H18FNO2/c1-12-11-18(22-17-10-6-4-8-15(17)19)14-7-3-5-9-16(14)20(12)13(2)21/h3-10,12,18H,11H2,1-2H3/t12-,18+/m1/s1. The van der Waals surface area contributed by atoms with Crippen molar-refractivity contribution in [3.8, 4) is 5.75 Å². The minimum Gasteiger partial charge on any atom is -0.483 e. The van der Waals surface area contributed by atoms with Gasteiger partial charge in [0.1, 0.15) is 6.10 Å². The lowest BCUT2D eigenvalue weighted by molar-refractivity contribution is -0.117. The van der Waals surface area contributed by atoms with Gasteiger partial charge in [0.25, 0.3) is 0 Å². The zero-order chi connectivity index (χ0) is 15.7. The Balaban J connectivity index is 1.98. The molecule has 2 aromatic carbocycles. The van der Waals surface area contributed by atoms with Crippen molar-refractivity contribution in [1.29, 1.82) is 0 Å². The molecule has 2 atom stereocenters. The zero-order valence-electron chi connectivity index (χ0n) is 12.6. The van der Waals surface area contributed by atoms with Crippen LogP contribution in [0.2, 0.25) is 0 Å². The van der Waals surface area contributed by atoms with Gasteiger partial charge >= 0.3 is 0 Å². The Hall–Kier alpha value is -2.36. The monoisotopic (exact) mass is 299 g/mol. The van der Waals surface area contributed by atoms with Gasteiger partial charge in [-0.05, 0) is 25.1 Å². The number of benzene rings is 2. The maximum Gasteiger partial charge on any atom is 0.224 e. The molecule has 3 nitrogen and oxygen atoms in total. The van der Waals surface area contributed by atoms with Crippen LogP contribution in [0.5, 0.6) is 5.75 Å². The van der Waals surface area contributed by atoms with Gasteiger partial charge in [0, 0.05) is 24.9 Å². The van der Waals surface area contributed by atoms with E-state index in [-0.39, 0.29) is 29.6 Å². The van der Waals surface area contributed by atoms with E-state index < -0.39 is 0 Å². The Morgan fingerprint density at radius 2 is 1.86 bits per heavy atom. The van der Waals surface area contributed by atoms with E-state index in [1.54, 1.807) is 30.0 Å². The summed E-state index contributed by atoms with van der Waals surface area (Å²) in [5.74, 6) is -0.128.